The van der Waals surface area contributed by atoms with Gasteiger partial charge in [0.2, 0.25) is 0 Å². The molecular weight excluding hydrogens is 292 g/mol. The Balaban J connectivity index is 1.92. The van der Waals surface area contributed by atoms with Gasteiger partial charge in [-0.2, -0.15) is 0 Å². The second kappa shape index (κ2) is 5.26. The van der Waals surface area contributed by atoms with Crippen molar-refractivity contribution in [2.45, 2.75) is 18.2 Å². The first-order chi connectivity index (χ1) is 10.8. The van der Waals surface area contributed by atoms with Gasteiger partial charge in [-0.3, -0.25) is 4.79 Å². The average Bonchev–Trinajstić information content (AvgIpc) is 2.58. The lowest BCUT2D eigenvalue weighted by molar-refractivity contribution is 0.0976. The van der Waals surface area contributed by atoms with Gasteiger partial charge >= 0.3 is 0 Å². The van der Waals surface area contributed by atoms with Gasteiger partial charge in [-0.25, -0.2) is 0 Å². The molecule has 0 heterocycles. The van der Waals surface area contributed by atoms with E-state index in [0.717, 1.165) is 21.9 Å². The molecule has 0 bridgehead atoms. The third-order valence-corrected chi connectivity index (χ3v) is 4.85. The minimum atomic E-state index is 0.135. The molecule has 1 unspecified atom stereocenters. The fourth-order valence-corrected chi connectivity index (χ4v) is 3.61. The van der Waals surface area contributed by atoms with E-state index >= 15 is 0 Å². The quantitative estimate of drug-likeness (QED) is 0.587. The smallest absolute Gasteiger partial charge is 0.164 e. The van der Waals surface area contributed by atoms with Crippen LogP contribution in [0.4, 0.5) is 0 Å². The summed E-state index contributed by atoms with van der Waals surface area (Å²) in [4.78, 5) is 12.6. The van der Waals surface area contributed by atoms with Gasteiger partial charge in [0, 0.05) is 23.8 Å². The molecule has 0 saturated heterocycles. The molecule has 0 spiro atoms. The van der Waals surface area contributed by atoms with Crippen molar-refractivity contribution in [1.29, 1.82) is 0 Å². The molecule has 3 aromatic carbocycles. The zero-order chi connectivity index (χ0) is 15.1. The molecule has 4 rings (SSSR count). The highest BCUT2D eigenvalue weighted by Crippen LogP contribution is 2.40. The van der Waals surface area contributed by atoms with E-state index in [1.807, 2.05) is 24.3 Å². The molecular formula is C20H15ClO. The molecule has 1 aliphatic rings. The fourth-order valence-electron chi connectivity index (χ4n) is 3.43. The molecule has 0 saturated carbocycles. The fraction of sp³-hybridized carbons (Fsp3) is 0.150. The van der Waals surface area contributed by atoms with Gasteiger partial charge in [0.1, 0.15) is 0 Å². The van der Waals surface area contributed by atoms with Crippen LogP contribution in [0, 0.1) is 0 Å². The third kappa shape index (κ3) is 2.05. The monoisotopic (exact) mass is 306 g/mol. The number of benzene rings is 3. The van der Waals surface area contributed by atoms with Crippen molar-refractivity contribution in [3.63, 3.8) is 0 Å². The van der Waals surface area contributed by atoms with E-state index in [9.17, 15) is 4.79 Å². The number of ketones is 1. The van der Waals surface area contributed by atoms with E-state index in [4.69, 9.17) is 11.6 Å². The Hall–Kier alpha value is -2.12. The van der Waals surface area contributed by atoms with E-state index in [1.54, 1.807) is 0 Å². The van der Waals surface area contributed by atoms with Crippen LogP contribution in [0.15, 0.2) is 60.7 Å². The number of Topliss-reactive ketones (excluding diaryl/α,β-unsaturated/α-hetero) is 1. The highest BCUT2D eigenvalue weighted by Gasteiger charge is 2.27. The van der Waals surface area contributed by atoms with Crippen molar-refractivity contribution < 1.29 is 4.79 Å². The Morgan fingerprint density at radius 2 is 1.68 bits per heavy atom. The maximum absolute atomic E-state index is 12.6. The van der Waals surface area contributed by atoms with Crippen LogP contribution >= 0.6 is 11.6 Å². The minimum Gasteiger partial charge on any atom is -0.294 e. The summed E-state index contributed by atoms with van der Waals surface area (Å²) < 4.78 is 0. The molecule has 1 nitrogen and oxygen atoms in total. The standard InChI is InChI=1S/C20H15ClO/c21-12-13-7-9-14(10-8-13)18-11-19(22)17-6-2-4-15-3-1-5-16(18)20(15)17/h1-10,18H,11-12H2. The molecule has 108 valence electrons. The summed E-state index contributed by atoms with van der Waals surface area (Å²) in [5.41, 5.74) is 4.41. The van der Waals surface area contributed by atoms with Crippen LogP contribution in [0.5, 0.6) is 0 Å². The average molecular weight is 307 g/mol. The summed E-state index contributed by atoms with van der Waals surface area (Å²) in [7, 11) is 0. The molecule has 0 N–H and O–H groups in total. The number of hydrogen-bond acceptors (Lipinski definition) is 1. The summed E-state index contributed by atoms with van der Waals surface area (Å²) >= 11 is 5.87. The molecule has 0 fully saturated rings. The molecule has 3 aromatic rings. The molecule has 1 aliphatic carbocycles. The summed E-state index contributed by atoms with van der Waals surface area (Å²) in [6.45, 7) is 0. The van der Waals surface area contributed by atoms with Crippen LogP contribution in [0.2, 0.25) is 0 Å². The number of hydrogen-bond donors (Lipinski definition) is 0. The molecule has 1 atom stereocenters. The summed E-state index contributed by atoms with van der Waals surface area (Å²) in [5.74, 6) is 0.883. The predicted molar refractivity (Wildman–Crippen MR) is 90.7 cm³/mol. The molecule has 0 amide bonds. The van der Waals surface area contributed by atoms with Crippen molar-refractivity contribution >= 4 is 28.2 Å². The van der Waals surface area contributed by atoms with Gasteiger partial charge in [0.15, 0.2) is 5.78 Å². The number of carbonyl (C=O) groups is 1. The third-order valence-electron chi connectivity index (χ3n) is 4.54. The van der Waals surface area contributed by atoms with Crippen molar-refractivity contribution in [1.82, 2.24) is 0 Å². The number of alkyl halides is 1. The molecule has 22 heavy (non-hydrogen) atoms. The maximum atomic E-state index is 12.6. The van der Waals surface area contributed by atoms with Crippen molar-refractivity contribution in [2.24, 2.45) is 0 Å². The Bertz CT molecular complexity index is 859. The lowest BCUT2D eigenvalue weighted by atomic mass is 9.77. The SMILES string of the molecule is O=C1CC(c2ccc(CCl)cc2)c2cccc3cccc1c23. The van der Waals surface area contributed by atoms with E-state index in [-0.39, 0.29) is 11.7 Å². The van der Waals surface area contributed by atoms with Gasteiger partial charge in [-0.05, 0) is 27.5 Å². The van der Waals surface area contributed by atoms with Gasteiger partial charge < -0.3 is 0 Å². The Labute approximate surface area is 134 Å². The first-order valence-corrected chi connectivity index (χ1v) is 8.01. The van der Waals surface area contributed by atoms with Crippen LogP contribution in [0.25, 0.3) is 10.8 Å². The van der Waals surface area contributed by atoms with E-state index in [2.05, 4.69) is 36.4 Å². The van der Waals surface area contributed by atoms with Crippen molar-refractivity contribution in [2.75, 3.05) is 0 Å². The first kappa shape index (κ1) is 13.5. The summed E-state index contributed by atoms with van der Waals surface area (Å²) in [5, 5.41) is 2.26. The zero-order valence-electron chi connectivity index (χ0n) is 12.1. The van der Waals surface area contributed by atoms with Crippen molar-refractivity contribution in [3.8, 4) is 0 Å². The van der Waals surface area contributed by atoms with Gasteiger partial charge in [0.05, 0.1) is 0 Å². The van der Waals surface area contributed by atoms with E-state index in [0.29, 0.717) is 12.3 Å². The Morgan fingerprint density at radius 3 is 2.41 bits per heavy atom. The van der Waals surface area contributed by atoms with Gasteiger partial charge in [-0.1, -0.05) is 60.7 Å². The number of carbonyl (C=O) groups excluding carboxylic acids is 1. The van der Waals surface area contributed by atoms with E-state index in [1.165, 1.54) is 11.1 Å². The van der Waals surface area contributed by atoms with Crippen LogP contribution < -0.4 is 0 Å². The largest absolute Gasteiger partial charge is 0.294 e. The summed E-state index contributed by atoms with van der Waals surface area (Å²) in [6.07, 6.45) is 0.538. The van der Waals surface area contributed by atoms with Crippen molar-refractivity contribution in [3.05, 3.63) is 82.9 Å². The van der Waals surface area contributed by atoms with Crippen LogP contribution in [-0.4, -0.2) is 5.78 Å². The molecule has 0 aromatic heterocycles. The Kier molecular flexibility index (Phi) is 3.24. The second-order valence-electron chi connectivity index (χ2n) is 5.81. The highest BCUT2D eigenvalue weighted by atomic mass is 35.5. The van der Waals surface area contributed by atoms with Crippen LogP contribution in [-0.2, 0) is 5.88 Å². The van der Waals surface area contributed by atoms with Crippen LogP contribution in [0.1, 0.15) is 39.4 Å². The molecule has 0 aliphatic heterocycles. The van der Waals surface area contributed by atoms with Gasteiger partial charge in [0.25, 0.3) is 0 Å². The van der Waals surface area contributed by atoms with Crippen LogP contribution in [0.3, 0.4) is 0 Å². The van der Waals surface area contributed by atoms with E-state index < -0.39 is 0 Å². The first-order valence-electron chi connectivity index (χ1n) is 7.47. The maximum Gasteiger partial charge on any atom is 0.164 e. The summed E-state index contributed by atoms with van der Waals surface area (Å²) in [6, 6.07) is 20.6. The zero-order valence-corrected chi connectivity index (χ0v) is 12.8. The highest BCUT2D eigenvalue weighted by molar-refractivity contribution is 6.17. The molecule has 2 heteroatoms. The molecule has 0 radical (unpaired) electrons. The number of rotatable bonds is 2. The minimum absolute atomic E-state index is 0.135. The number of halogens is 1. The topological polar surface area (TPSA) is 17.1 Å². The second-order valence-corrected chi connectivity index (χ2v) is 6.07. The lowest BCUT2D eigenvalue weighted by Gasteiger charge is -2.25. The Morgan fingerprint density at radius 1 is 0.955 bits per heavy atom. The predicted octanol–water partition coefficient (Wildman–Crippen LogP) is 5.30. The lowest BCUT2D eigenvalue weighted by Crippen LogP contribution is -2.16. The van der Waals surface area contributed by atoms with Gasteiger partial charge in [-0.15, -0.1) is 11.6 Å². The normalized spacial score (nSPS) is 17.0.